The first kappa shape index (κ1) is 16.6. The fraction of sp³-hybridized carbons (Fsp3) is 0.375. The summed E-state index contributed by atoms with van der Waals surface area (Å²) in [6, 6.07) is 9.99. The number of rotatable bonds is 8. The van der Waals surface area contributed by atoms with E-state index in [-0.39, 0.29) is 17.6 Å². The highest BCUT2D eigenvalue weighted by atomic mass is 32.2. The van der Waals surface area contributed by atoms with Crippen molar-refractivity contribution in [2.24, 2.45) is 5.73 Å². The summed E-state index contributed by atoms with van der Waals surface area (Å²) >= 11 is 1.78. The summed E-state index contributed by atoms with van der Waals surface area (Å²) in [6.45, 7) is 2.54. The van der Waals surface area contributed by atoms with Gasteiger partial charge in [0.15, 0.2) is 5.69 Å². The first-order valence-electron chi connectivity index (χ1n) is 7.31. The fourth-order valence-electron chi connectivity index (χ4n) is 1.83. The number of thioether (sulfide) groups is 1. The normalized spacial score (nSPS) is 12.1. The Bertz CT molecular complexity index is 586. The number of nitrogens with zero attached hydrogens (tertiary/aromatic N) is 1. The van der Waals surface area contributed by atoms with Gasteiger partial charge in [0, 0.05) is 18.1 Å². The van der Waals surface area contributed by atoms with E-state index in [9.17, 15) is 4.79 Å². The minimum Gasteiger partial charge on any atom is -0.446 e. The van der Waals surface area contributed by atoms with Crippen LogP contribution in [0.2, 0.25) is 0 Å². The van der Waals surface area contributed by atoms with E-state index in [0.717, 1.165) is 17.9 Å². The third kappa shape index (κ3) is 4.89. The molecule has 0 radical (unpaired) electrons. The molecule has 0 saturated carbocycles. The zero-order chi connectivity index (χ0) is 15.8. The van der Waals surface area contributed by atoms with Crippen LogP contribution in [0.1, 0.15) is 41.3 Å². The van der Waals surface area contributed by atoms with Gasteiger partial charge in [0.2, 0.25) is 5.89 Å². The molecular weight excluding hydrogens is 298 g/mol. The lowest BCUT2D eigenvalue weighted by Crippen LogP contribution is -2.26. The number of aromatic nitrogens is 1. The molecule has 0 bridgehead atoms. The highest BCUT2D eigenvalue weighted by molar-refractivity contribution is 7.98. The van der Waals surface area contributed by atoms with Crippen LogP contribution in [0.5, 0.6) is 0 Å². The molecule has 0 aliphatic rings. The summed E-state index contributed by atoms with van der Waals surface area (Å²) in [5.41, 5.74) is 7.38. The third-order valence-corrected chi connectivity index (χ3v) is 4.19. The molecule has 0 aliphatic heterocycles. The second kappa shape index (κ2) is 8.60. The highest BCUT2D eigenvalue weighted by Crippen LogP contribution is 2.13. The molecule has 118 valence electrons. The number of benzene rings is 1. The molecule has 0 fully saturated rings. The second-order valence-corrected chi connectivity index (χ2v) is 5.98. The van der Waals surface area contributed by atoms with Crippen molar-refractivity contribution in [1.82, 2.24) is 10.3 Å². The quantitative estimate of drug-likeness (QED) is 0.731. The van der Waals surface area contributed by atoms with Crippen LogP contribution in [0.15, 0.2) is 41.0 Å². The molecule has 1 unspecified atom stereocenters. The van der Waals surface area contributed by atoms with E-state index in [1.165, 1.54) is 11.8 Å². The number of oxazole rings is 1. The second-order valence-electron chi connectivity index (χ2n) is 4.88. The summed E-state index contributed by atoms with van der Waals surface area (Å²) in [6.07, 6.45) is 2.08. The predicted molar refractivity (Wildman–Crippen MR) is 88.7 cm³/mol. The molecule has 0 saturated heterocycles. The van der Waals surface area contributed by atoms with E-state index in [4.69, 9.17) is 10.2 Å². The molecule has 6 heteroatoms. The van der Waals surface area contributed by atoms with Crippen LogP contribution >= 0.6 is 11.8 Å². The van der Waals surface area contributed by atoms with Crippen molar-refractivity contribution < 1.29 is 9.21 Å². The Morgan fingerprint density at radius 3 is 2.91 bits per heavy atom. The van der Waals surface area contributed by atoms with E-state index < -0.39 is 0 Å². The maximum atomic E-state index is 11.9. The van der Waals surface area contributed by atoms with Crippen LogP contribution < -0.4 is 11.1 Å². The van der Waals surface area contributed by atoms with Gasteiger partial charge in [-0.2, -0.15) is 11.8 Å². The standard InChI is InChI=1S/C16H21N3O2S/c1-2-13(17)16-19-14(10-21-16)15(20)18-8-9-22-11-12-6-4-3-5-7-12/h3-7,10,13H,2,8-9,11,17H2,1H3,(H,18,20). The number of carbonyl (C=O) groups excluding carboxylic acids is 1. The van der Waals surface area contributed by atoms with Gasteiger partial charge in [0.25, 0.3) is 5.91 Å². The van der Waals surface area contributed by atoms with Crippen molar-refractivity contribution in [3.05, 3.63) is 53.7 Å². The summed E-state index contributed by atoms with van der Waals surface area (Å²) in [5, 5.41) is 2.83. The molecule has 1 aromatic carbocycles. The van der Waals surface area contributed by atoms with E-state index in [1.54, 1.807) is 11.8 Å². The maximum absolute atomic E-state index is 11.9. The molecule has 1 aromatic heterocycles. The molecule has 1 amide bonds. The monoisotopic (exact) mass is 319 g/mol. The summed E-state index contributed by atoms with van der Waals surface area (Å²) in [7, 11) is 0. The Kier molecular flexibility index (Phi) is 6.48. The Hall–Kier alpha value is -1.79. The van der Waals surface area contributed by atoms with Crippen LogP contribution in [0.3, 0.4) is 0 Å². The van der Waals surface area contributed by atoms with Gasteiger partial charge in [0.1, 0.15) is 6.26 Å². The SMILES string of the molecule is CCC(N)c1nc(C(=O)NCCSCc2ccccc2)co1. The molecule has 2 rings (SSSR count). The first-order chi connectivity index (χ1) is 10.7. The van der Waals surface area contributed by atoms with Crippen LogP contribution in [0, 0.1) is 0 Å². The zero-order valence-electron chi connectivity index (χ0n) is 12.6. The van der Waals surface area contributed by atoms with E-state index >= 15 is 0 Å². The molecule has 3 N–H and O–H groups in total. The third-order valence-electron chi connectivity index (χ3n) is 3.16. The topological polar surface area (TPSA) is 81.1 Å². The number of nitrogens with one attached hydrogen (secondary N) is 1. The zero-order valence-corrected chi connectivity index (χ0v) is 13.4. The van der Waals surface area contributed by atoms with Gasteiger partial charge in [-0.1, -0.05) is 37.3 Å². The molecule has 22 heavy (non-hydrogen) atoms. The van der Waals surface area contributed by atoms with Gasteiger partial charge in [-0.3, -0.25) is 4.79 Å². The van der Waals surface area contributed by atoms with Crippen molar-refractivity contribution in [2.75, 3.05) is 12.3 Å². The van der Waals surface area contributed by atoms with Gasteiger partial charge in [-0.25, -0.2) is 4.98 Å². The Labute approximate surface area is 134 Å². The molecule has 1 heterocycles. The number of hydrogen-bond acceptors (Lipinski definition) is 5. The van der Waals surface area contributed by atoms with E-state index in [2.05, 4.69) is 22.4 Å². The largest absolute Gasteiger partial charge is 0.446 e. The highest BCUT2D eigenvalue weighted by Gasteiger charge is 2.15. The Morgan fingerprint density at radius 2 is 2.18 bits per heavy atom. The van der Waals surface area contributed by atoms with Crippen LogP contribution in [0.4, 0.5) is 0 Å². The van der Waals surface area contributed by atoms with Gasteiger partial charge in [0.05, 0.1) is 6.04 Å². The van der Waals surface area contributed by atoms with E-state index in [0.29, 0.717) is 12.4 Å². The lowest BCUT2D eigenvalue weighted by molar-refractivity contribution is 0.0951. The lowest BCUT2D eigenvalue weighted by atomic mass is 10.2. The number of carbonyl (C=O) groups is 1. The van der Waals surface area contributed by atoms with Crippen LogP contribution in [-0.4, -0.2) is 23.2 Å². The number of nitrogens with two attached hydrogens (primary N) is 1. The van der Waals surface area contributed by atoms with Gasteiger partial charge in [-0.15, -0.1) is 0 Å². The van der Waals surface area contributed by atoms with Crippen molar-refractivity contribution in [2.45, 2.75) is 25.1 Å². The Morgan fingerprint density at radius 1 is 1.41 bits per heavy atom. The molecule has 0 aliphatic carbocycles. The van der Waals surface area contributed by atoms with Gasteiger partial charge < -0.3 is 15.5 Å². The molecule has 5 nitrogen and oxygen atoms in total. The Balaban J connectivity index is 1.68. The van der Waals surface area contributed by atoms with Crippen molar-refractivity contribution in [1.29, 1.82) is 0 Å². The summed E-state index contributed by atoms with van der Waals surface area (Å²) in [5.74, 6) is 1.97. The number of hydrogen-bond donors (Lipinski definition) is 2. The predicted octanol–water partition coefficient (Wildman–Crippen LogP) is 2.75. The molecule has 0 spiro atoms. The van der Waals surface area contributed by atoms with Gasteiger partial charge >= 0.3 is 0 Å². The summed E-state index contributed by atoms with van der Waals surface area (Å²) < 4.78 is 5.22. The molecular formula is C16H21N3O2S. The average Bonchev–Trinajstić information content (AvgIpc) is 3.04. The average molecular weight is 319 g/mol. The molecule has 1 atom stereocenters. The van der Waals surface area contributed by atoms with Crippen molar-refractivity contribution in [3.63, 3.8) is 0 Å². The van der Waals surface area contributed by atoms with Crippen LogP contribution in [-0.2, 0) is 5.75 Å². The number of amides is 1. The maximum Gasteiger partial charge on any atom is 0.273 e. The van der Waals surface area contributed by atoms with Crippen molar-refractivity contribution in [3.8, 4) is 0 Å². The smallest absolute Gasteiger partial charge is 0.273 e. The summed E-state index contributed by atoms with van der Waals surface area (Å²) in [4.78, 5) is 16.0. The minimum absolute atomic E-state index is 0.224. The van der Waals surface area contributed by atoms with Gasteiger partial charge in [-0.05, 0) is 12.0 Å². The fourth-order valence-corrected chi connectivity index (χ4v) is 2.65. The lowest BCUT2D eigenvalue weighted by Gasteiger charge is -2.04. The van der Waals surface area contributed by atoms with Crippen LogP contribution in [0.25, 0.3) is 0 Å². The van der Waals surface area contributed by atoms with Crippen molar-refractivity contribution >= 4 is 17.7 Å². The first-order valence-corrected chi connectivity index (χ1v) is 8.47. The minimum atomic E-state index is -0.261. The van der Waals surface area contributed by atoms with E-state index in [1.807, 2.05) is 25.1 Å². The molecule has 2 aromatic rings.